The monoisotopic (exact) mass is 278 g/mol. The van der Waals surface area contributed by atoms with Crippen LogP contribution in [0.2, 0.25) is 0 Å². The molecule has 0 unspecified atom stereocenters. The first-order chi connectivity index (χ1) is 9.03. The van der Waals surface area contributed by atoms with Crippen molar-refractivity contribution in [3.63, 3.8) is 0 Å². The Kier molecular flexibility index (Phi) is 3.82. The van der Waals surface area contributed by atoms with E-state index in [9.17, 15) is 13.5 Å². The second-order valence-corrected chi connectivity index (χ2v) is 5.75. The van der Waals surface area contributed by atoms with Gasteiger partial charge in [-0.25, -0.2) is 13.4 Å². The Balaban J connectivity index is 2.35. The van der Waals surface area contributed by atoms with Crippen molar-refractivity contribution in [1.29, 1.82) is 0 Å². The minimum absolute atomic E-state index is 0.104. The van der Waals surface area contributed by atoms with E-state index in [1.54, 1.807) is 24.3 Å². The van der Waals surface area contributed by atoms with Gasteiger partial charge in [-0.15, -0.1) is 0 Å². The highest BCUT2D eigenvalue weighted by Crippen LogP contribution is 2.18. The molecule has 0 aliphatic rings. The first-order valence-corrected chi connectivity index (χ1v) is 7.15. The van der Waals surface area contributed by atoms with E-state index in [4.69, 9.17) is 0 Å². The third-order valence-electron chi connectivity index (χ3n) is 2.71. The van der Waals surface area contributed by atoms with Gasteiger partial charge in [0.15, 0.2) is 0 Å². The number of hydrogen-bond donors (Lipinski definition) is 2. The second kappa shape index (κ2) is 5.38. The predicted octanol–water partition coefficient (Wildman–Crippen LogP) is 1.68. The molecule has 0 bridgehead atoms. The molecule has 0 atom stereocenters. The van der Waals surface area contributed by atoms with Crippen LogP contribution in [0.5, 0.6) is 0 Å². The summed E-state index contributed by atoms with van der Waals surface area (Å²) in [6, 6.07) is 9.59. The molecule has 0 saturated heterocycles. The minimum atomic E-state index is -3.69. The van der Waals surface area contributed by atoms with Crippen LogP contribution in [0.15, 0.2) is 47.5 Å². The van der Waals surface area contributed by atoms with Crippen LogP contribution >= 0.6 is 0 Å². The van der Waals surface area contributed by atoms with Gasteiger partial charge >= 0.3 is 0 Å². The van der Waals surface area contributed by atoms with E-state index in [-0.39, 0.29) is 17.3 Å². The number of aliphatic hydroxyl groups excluding tert-OH is 1. The fourth-order valence-corrected chi connectivity index (χ4v) is 2.66. The van der Waals surface area contributed by atoms with Crippen LogP contribution in [0.4, 0.5) is 5.82 Å². The zero-order valence-electron chi connectivity index (χ0n) is 10.4. The SMILES string of the molecule is Cc1ccc(S(=O)(=O)Nc2ccccn2)cc1CO. The average molecular weight is 278 g/mol. The van der Waals surface area contributed by atoms with E-state index in [1.807, 2.05) is 6.92 Å². The fourth-order valence-electron chi connectivity index (χ4n) is 1.61. The van der Waals surface area contributed by atoms with Gasteiger partial charge in [0.05, 0.1) is 11.5 Å². The van der Waals surface area contributed by atoms with E-state index < -0.39 is 10.0 Å². The Hall–Kier alpha value is -1.92. The first kappa shape index (κ1) is 13.5. The van der Waals surface area contributed by atoms with Gasteiger partial charge in [0.1, 0.15) is 5.82 Å². The van der Waals surface area contributed by atoms with E-state index in [0.717, 1.165) is 5.56 Å². The number of rotatable bonds is 4. The van der Waals surface area contributed by atoms with Crippen LogP contribution in [0.1, 0.15) is 11.1 Å². The maximum absolute atomic E-state index is 12.1. The van der Waals surface area contributed by atoms with Crippen molar-refractivity contribution >= 4 is 15.8 Å². The zero-order chi connectivity index (χ0) is 13.9. The van der Waals surface area contributed by atoms with E-state index in [2.05, 4.69) is 9.71 Å². The lowest BCUT2D eigenvalue weighted by Crippen LogP contribution is -2.14. The standard InChI is InChI=1S/C13H14N2O3S/c1-10-5-6-12(8-11(10)9-16)19(17,18)15-13-4-2-3-7-14-13/h2-8,16H,9H2,1H3,(H,14,15). The van der Waals surface area contributed by atoms with Gasteiger partial charge in [0.25, 0.3) is 10.0 Å². The highest BCUT2D eigenvalue weighted by Gasteiger charge is 2.15. The van der Waals surface area contributed by atoms with E-state index >= 15 is 0 Å². The van der Waals surface area contributed by atoms with Crippen LogP contribution in [-0.2, 0) is 16.6 Å². The summed E-state index contributed by atoms with van der Waals surface area (Å²) in [7, 11) is -3.69. The Morgan fingerprint density at radius 3 is 2.68 bits per heavy atom. The van der Waals surface area contributed by atoms with Crippen molar-refractivity contribution in [3.8, 4) is 0 Å². The van der Waals surface area contributed by atoms with Crippen molar-refractivity contribution in [2.45, 2.75) is 18.4 Å². The normalized spacial score (nSPS) is 11.3. The first-order valence-electron chi connectivity index (χ1n) is 5.67. The lowest BCUT2D eigenvalue weighted by atomic mass is 10.1. The molecule has 0 aliphatic heterocycles. The molecular formula is C13H14N2O3S. The molecule has 100 valence electrons. The lowest BCUT2D eigenvalue weighted by Gasteiger charge is -2.09. The predicted molar refractivity (Wildman–Crippen MR) is 72.1 cm³/mol. The summed E-state index contributed by atoms with van der Waals surface area (Å²) in [6.07, 6.45) is 1.51. The molecule has 0 saturated carbocycles. The summed E-state index contributed by atoms with van der Waals surface area (Å²) in [6.45, 7) is 1.62. The van der Waals surface area contributed by atoms with Crippen molar-refractivity contribution in [2.75, 3.05) is 4.72 Å². The third kappa shape index (κ3) is 3.10. The molecule has 2 rings (SSSR count). The number of nitrogens with one attached hydrogen (secondary N) is 1. The molecule has 5 nitrogen and oxygen atoms in total. The van der Waals surface area contributed by atoms with E-state index in [0.29, 0.717) is 5.56 Å². The molecule has 1 heterocycles. The quantitative estimate of drug-likeness (QED) is 0.892. The smallest absolute Gasteiger partial charge is 0.263 e. The van der Waals surface area contributed by atoms with Gasteiger partial charge in [0, 0.05) is 6.20 Å². The number of sulfonamides is 1. The molecule has 0 amide bonds. The van der Waals surface area contributed by atoms with Crippen LogP contribution in [-0.4, -0.2) is 18.5 Å². The second-order valence-electron chi connectivity index (χ2n) is 4.07. The van der Waals surface area contributed by atoms with Gasteiger partial charge in [-0.3, -0.25) is 4.72 Å². The topological polar surface area (TPSA) is 79.3 Å². The number of benzene rings is 1. The Labute approximate surface area is 112 Å². The lowest BCUT2D eigenvalue weighted by molar-refractivity contribution is 0.281. The fraction of sp³-hybridized carbons (Fsp3) is 0.154. The molecule has 6 heteroatoms. The number of pyridine rings is 1. The summed E-state index contributed by atoms with van der Waals surface area (Å²) in [5.41, 5.74) is 1.43. The summed E-state index contributed by atoms with van der Waals surface area (Å²) < 4.78 is 26.7. The van der Waals surface area contributed by atoms with Crippen molar-refractivity contribution in [2.24, 2.45) is 0 Å². The molecule has 0 spiro atoms. The van der Waals surface area contributed by atoms with Crippen LogP contribution in [0.25, 0.3) is 0 Å². The molecule has 0 aliphatic carbocycles. The molecule has 19 heavy (non-hydrogen) atoms. The number of aryl methyl sites for hydroxylation is 1. The number of nitrogens with zero attached hydrogens (tertiary/aromatic N) is 1. The molecule has 0 fully saturated rings. The van der Waals surface area contributed by atoms with Crippen LogP contribution < -0.4 is 4.72 Å². The molecular weight excluding hydrogens is 264 g/mol. The zero-order valence-corrected chi connectivity index (χ0v) is 11.2. The van der Waals surface area contributed by atoms with Crippen molar-refractivity contribution in [3.05, 3.63) is 53.7 Å². The Bertz CT molecular complexity index is 670. The average Bonchev–Trinajstić information content (AvgIpc) is 2.39. The number of aliphatic hydroxyl groups is 1. The summed E-state index contributed by atoms with van der Waals surface area (Å²) in [4.78, 5) is 4.01. The number of aromatic nitrogens is 1. The highest BCUT2D eigenvalue weighted by atomic mass is 32.2. The summed E-state index contributed by atoms with van der Waals surface area (Å²) >= 11 is 0. The molecule has 1 aromatic heterocycles. The maximum atomic E-state index is 12.1. The summed E-state index contributed by atoms with van der Waals surface area (Å²) in [5, 5.41) is 9.17. The molecule has 0 radical (unpaired) electrons. The Morgan fingerprint density at radius 2 is 2.05 bits per heavy atom. The van der Waals surface area contributed by atoms with Gasteiger partial charge < -0.3 is 5.11 Å². The van der Waals surface area contributed by atoms with Crippen LogP contribution in [0, 0.1) is 6.92 Å². The van der Waals surface area contributed by atoms with Crippen molar-refractivity contribution in [1.82, 2.24) is 4.98 Å². The maximum Gasteiger partial charge on any atom is 0.263 e. The van der Waals surface area contributed by atoms with Crippen LogP contribution in [0.3, 0.4) is 0 Å². The minimum Gasteiger partial charge on any atom is -0.392 e. The molecule has 2 N–H and O–H groups in total. The molecule has 2 aromatic rings. The highest BCUT2D eigenvalue weighted by molar-refractivity contribution is 7.92. The van der Waals surface area contributed by atoms with Gasteiger partial charge in [-0.1, -0.05) is 12.1 Å². The van der Waals surface area contributed by atoms with Gasteiger partial charge in [0.2, 0.25) is 0 Å². The number of hydrogen-bond acceptors (Lipinski definition) is 4. The van der Waals surface area contributed by atoms with E-state index in [1.165, 1.54) is 18.3 Å². The summed E-state index contributed by atoms with van der Waals surface area (Å²) in [5.74, 6) is 0.258. The van der Waals surface area contributed by atoms with Gasteiger partial charge in [-0.05, 0) is 42.3 Å². The van der Waals surface area contributed by atoms with Gasteiger partial charge in [-0.2, -0.15) is 0 Å². The largest absolute Gasteiger partial charge is 0.392 e. The molecule has 1 aromatic carbocycles. The van der Waals surface area contributed by atoms with Crippen molar-refractivity contribution < 1.29 is 13.5 Å². The Morgan fingerprint density at radius 1 is 1.26 bits per heavy atom. The third-order valence-corrected chi connectivity index (χ3v) is 4.06. The number of anilines is 1.